The molecule has 3 nitrogen and oxygen atoms in total. The summed E-state index contributed by atoms with van der Waals surface area (Å²) in [5.74, 6) is 1.64. The zero-order valence-electron chi connectivity index (χ0n) is 18.6. The van der Waals surface area contributed by atoms with Gasteiger partial charge in [-0.25, -0.2) is 0 Å². The van der Waals surface area contributed by atoms with Crippen LogP contribution in [0, 0.1) is 0 Å². The number of benzene rings is 5. The molecule has 0 radical (unpaired) electrons. The minimum absolute atomic E-state index is 0.0245. The van der Waals surface area contributed by atoms with Crippen LogP contribution in [0.15, 0.2) is 115 Å². The number of nitrogens with zero attached hydrogens (tertiary/aromatic N) is 1. The van der Waals surface area contributed by atoms with E-state index in [0.717, 1.165) is 33.9 Å². The monoisotopic (exact) mass is 469 g/mol. The highest BCUT2D eigenvalue weighted by Crippen LogP contribution is 2.50. The molecule has 0 amide bonds. The van der Waals surface area contributed by atoms with Gasteiger partial charge in [0.1, 0.15) is 0 Å². The van der Waals surface area contributed by atoms with Crippen LogP contribution in [0.3, 0.4) is 0 Å². The average molecular weight is 470 g/mol. The van der Waals surface area contributed by atoms with E-state index in [9.17, 15) is 4.79 Å². The Balaban J connectivity index is 1.27. The predicted molar refractivity (Wildman–Crippen MR) is 144 cm³/mol. The van der Waals surface area contributed by atoms with Crippen molar-refractivity contribution in [2.75, 3.05) is 4.90 Å². The molecule has 35 heavy (non-hydrogen) atoms. The van der Waals surface area contributed by atoms with Gasteiger partial charge in [0.25, 0.3) is 0 Å². The van der Waals surface area contributed by atoms with Gasteiger partial charge >= 0.3 is 0 Å². The van der Waals surface area contributed by atoms with Crippen molar-refractivity contribution >= 4 is 54.4 Å². The number of fused-ring (bicyclic) bond motifs is 5. The summed E-state index contributed by atoms with van der Waals surface area (Å²) >= 11 is 1.76. The Kier molecular flexibility index (Phi) is 4.47. The van der Waals surface area contributed by atoms with Gasteiger partial charge in [-0.15, -0.1) is 11.3 Å². The summed E-state index contributed by atoms with van der Waals surface area (Å²) in [7, 11) is 0. The number of ketones is 1. The highest BCUT2D eigenvalue weighted by Gasteiger charge is 2.25. The van der Waals surface area contributed by atoms with Crippen LogP contribution >= 0.6 is 11.3 Å². The van der Waals surface area contributed by atoms with Gasteiger partial charge in [-0.2, -0.15) is 0 Å². The quantitative estimate of drug-likeness (QED) is 0.242. The Labute approximate surface area is 206 Å². The van der Waals surface area contributed by atoms with Gasteiger partial charge in [0, 0.05) is 37.0 Å². The SMILES string of the molecule is O=C(c1ccc(N2c3ccccc3Oc3ccccc32)cc1)c1ccc2sc3ccccc3c2c1. The minimum atomic E-state index is 0.0245. The van der Waals surface area contributed by atoms with Gasteiger partial charge in [0.15, 0.2) is 17.3 Å². The lowest BCUT2D eigenvalue weighted by atomic mass is 10.0. The van der Waals surface area contributed by atoms with Crippen molar-refractivity contribution in [2.24, 2.45) is 0 Å². The first kappa shape index (κ1) is 20.0. The zero-order chi connectivity index (χ0) is 23.4. The van der Waals surface area contributed by atoms with Gasteiger partial charge in [0.05, 0.1) is 11.4 Å². The van der Waals surface area contributed by atoms with Crippen LogP contribution in [0.4, 0.5) is 17.1 Å². The topological polar surface area (TPSA) is 29.5 Å². The fourth-order valence-corrected chi connectivity index (χ4v) is 5.87. The number of ether oxygens (including phenoxy) is 1. The Morgan fingerprint density at radius 3 is 1.94 bits per heavy atom. The fourth-order valence-electron chi connectivity index (χ4n) is 4.78. The first-order chi connectivity index (χ1) is 17.3. The Morgan fingerprint density at radius 1 is 0.600 bits per heavy atom. The van der Waals surface area contributed by atoms with Crippen LogP contribution < -0.4 is 9.64 Å². The van der Waals surface area contributed by atoms with Crippen LogP contribution in [-0.2, 0) is 0 Å². The molecule has 0 N–H and O–H groups in total. The molecule has 0 unspecified atom stereocenters. The molecule has 0 saturated heterocycles. The molecular formula is C31H19NO2S. The summed E-state index contributed by atoms with van der Waals surface area (Å²) in [4.78, 5) is 15.6. The summed E-state index contributed by atoms with van der Waals surface area (Å²) < 4.78 is 8.55. The number of anilines is 3. The molecule has 6 aromatic rings. The largest absolute Gasteiger partial charge is 0.453 e. The molecule has 1 aliphatic heterocycles. The van der Waals surface area contributed by atoms with Crippen molar-refractivity contribution in [3.8, 4) is 11.5 Å². The molecular weight excluding hydrogens is 450 g/mol. The molecule has 7 rings (SSSR count). The number of hydrogen-bond acceptors (Lipinski definition) is 4. The molecule has 4 heteroatoms. The van der Waals surface area contributed by atoms with Gasteiger partial charge in [-0.1, -0.05) is 42.5 Å². The van der Waals surface area contributed by atoms with E-state index in [-0.39, 0.29) is 5.78 Å². The molecule has 0 bridgehead atoms. The van der Waals surface area contributed by atoms with E-state index in [4.69, 9.17) is 4.74 Å². The molecule has 1 aromatic heterocycles. The summed E-state index contributed by atoms with van der Waals surface area (Å²) in [5, 5.41) is 2.33. The van der Waals surface area contributed by atoms with E-state index in [1.54, 1.807) is 11.3 Å². The number of carbonyl (C=O) groups is 1. The second kappa shape index (κ2) is 7.83. The molecule has 0 saturated carbocycles. The molecule has 166 valence electrons. The third-order valence-corrected chi connectivity index (χ3v) is 7.61. The normalized spacial score (nSPS) is 12.3. The van der Waals surface area contributed by atoms with Crippen molar-refractivity contribution in [3.63, 3.8) is 0 Å². The Hall–Kier alpha value is -4.41. The van der Waals surface area contributed by atoms with Crippen LogP contribution in [0.1, 0.15) is 15.9 Å². The second-order valence-electron chi connectivity index (χ2n) is 8.56. The van der Waals surface area contributed by atoms with Crippen molar-refractivity contribution in [3.05, 3.63) is 126 Å². The van der Waals surface area contributed by atoms with Crippen LogP contribution in [0.5, 0.6) is 11.5 Å². The van der Waals surface area contributed by atoms with Crippen molar-refractivity contribution in [1.82, 2.24) is 0 Å². The highest BCUT2D eigenvalue weighted by atomic mass is 32.1. The van der Waals surface area contributed by atoms with Crippen LogP contribution in [-0.4, -0.2) is 5.78 Å². The molecule has 5 aromatic carbocycles. The predicted octanol–water partition coefficient (Wildman–Crippen LogP) is 8.86. The van der Waals surface area contributed by atoms with E-state index < -0.39 is 0 Å². The van der Waals surface area contributed by atoms with E-state index >= 15 is 0 Å². The Bertz CT molecular complexity index is 1700. The summed E-state index contributed by atoms with van der Waals surface area (Å²) in [6.07, 6.45) is 0. The number of para-hydroxylation sites is 4. The minimum Gasteiger partial charge on any atom is -0.453 e. The summed E-state index contributed by atoms with van der Waals surface area (Å²) in [5.41, 5.74) is 4.29. The maximum atomic E-state index is 13.4. The lowest BCUT2D eigenvalue weighted by molar-refractivity contribution is 0.103. The zero-order valence-corrected chi connectivity index (χ0v) is 19.5. The standard InChI is InChI=1S/C31H19NO2S/c33-31(21-15-18-30-24(19-21)23-7-1-6-12-29(23)35-30)20-13-16-22(17-14-20)32-25-8-2-4-10-27(25)34-28-11-5-3-9-26(28)32/h1-19H. The number of thiophene rings is 1. The number of rotatable bonds is 3. The molecule has 0 spiro atoms. The number of carbonyl (C=O) groups excluding carboxylic acids is 1. The fraction of sp³-hybridized carbons (Fsp3) is 0. The van der Waals surface area contributed by atoms with Crippen LogP contribution in [0.25, 0.3) is 20.2 Å². The van der Waals surface area contributed by atoms with Gasteiger partial charge in [0.2, 0.25) is 0 Å². The van der Waals surface area contributed by atoms with E-state index in [1.807, 2.05) is 91.0 Å². The van der Waals surface area contributed by atoms with Crippen molar-refractivity contribution in [2.45, 2.75) is 0 Å². The maximum absolute atomic E-state index is 13.4. The van der Waals surface area contributed by atoms with E-state index in [0.29, 0.717) is 11.1 Å². The van der Waals surface area contributed by atoms with Gasteiger partial charge < -0.3 is 9.64 Å². The molecule has 1 aliphatic rings. The second-order valence-corrected chi connectivity index (χ2v) is 9.64. The first-order valence-corrected chi connectivity index (χ1v) is 12.3. The van der Waals surface area contributed by atoms with Gasteiger partial charge in [-0.3, -0.25) is 4.79 Å². The summed E-state index contributed by atoms with van der Waals surface area (Å²) in [6, 6.07) is 38.2. The summed E-state index contributed by atoms with van der Waals surface area (Å²) in [6.45, 7) is 0. The molecule has 0 fully saturated rings. The van der Waals surface area contributed by atoms with Gasteiger partial charge in [-0.05, 0) is 72.8 Å². The lowest BCUT2D eigenvalue weighted by Crippen LogP contribution is -2.15. The lowest BCUT2D eigenvalue weighted by Gasteiger charge is -2.32. The first-order valence-electron chi connectivity index (χ1n) is 11.5. The Morgan fingerprint density at radius 2 is 1.20 bits per heavy atom. The third-order valence-electron chi connectivity index (χ3n) is 6.46. The van der Waals surface area contributed by atoms with Crippen molar-refractivity contribution < 1.29 is 9.53 Å². The average Bonchev–Trinajstić information content (AvgIpc) is 3.29. The third kappa shape index (κ3) is 3.22. The highest BCUT2D eigenvalue weighted by molar-refractivity contribution is 7.25. The maximum Gasteiger partial charge on any atom is 0.193 e. The number of hydrogen-bond donors (Lipinski definition) is 0. The van der Waals surface area contributed by atoms with Crippen LogP contribution in [0.2, 0.25) is 0 Å². The molecule has 0 aliphatic carbocycles. The van der Waals surface area contributed by atoms with E-state index in [2.05, 4.69) is 29.2 Å². The van der Waals surface area contributed by atoms with Crippen molar-refractivity contribution in [1.29, 1.82) is 0 Å². The smallest absolute Gasteiger partial charge is 0.193 e. The molecule has 0 atom stereocenters. The van der Waals surface area contributed by atoms with E-state index in [1.165, 1.54) is 14.8 Å². The molecule has 2 heterocycles.